The number of aromatic nitrogens is 1. The Balaban J connectivity index is 2.18. The molecule has 0 spiro atoms. The summed E-state index contributed by atoms with van der Waals surface area (Å²) in [4.78, 5) is 17.1. The zero-order valence-electron chi connectivity index (χ0n) is 9.98. The number of primary sulfonamides is 1. The zero-order chi connectivity index (χ0) is 14.0. The molecule has 1 atom stereocenters. The van der Waals surface area contributed by atoms with Crippen molar-refractivity contribution in [1.29, 1.82) is 5.26 Å². The third-order valence-electron chi connectivity index (χ3n) is 2.84. The van der Waals surface area contributed by atoms with Gasteiger partial charge >= 0.3 is 0 Å². The number of rotatable bonds is 3. The third-order valence-corrected chi connectivity index (χ3v) is 3.78. The molecule has 0 saturated carbocycles. The average Bonchev–Trinajstić information content (AvgIpc) is 2.68. The van der Waals surface area contributed by atoms with E-state index in [1.807, 2.05) is 6.07 Å². The van der Waals surface area contributed by atoms with Crippen LogP contribution in [0.1, 0.15) is 12.1 Å². The Morgan fingerprint density at radius 3 is 2.95 bits per heavy atom. The predicted molar refractivity (Wildman–Crippen MR) is 67.4 cm³/mol. The van der Waals surface area contributed by atoms with E-state index in [-0.39, 0.29) is 36.2 Å². The lowest BCUT2D eigenvalue weighted by molar-refractivity contribution is -0.117. The fraction of sp³-hybridized carbons (Fsp3) is 0.364. The number of hydrogen-bond donors (Lipinski definition) is 1. The number of nitrogens with zero attached hydrogens (tertiary/aromatic N) is 3. The molecule has 8 heteroatoms. The van der Waals surface area contributed by atoms with Crippen LogP contribution < -0.4 is 10.0 Å². The van der Waals surface area contributed by atoms with Gasteiger partial charge < -0.3 is 4.90 Å². The first-order valence-corrected chi connectivity index (χ1v) is 7.27. The van der Waals surface area contributed by atoms with Crippen molar-refractivity contribution in [2.75, 3.05) is 17.2 Å². The molecule has 0 aromatic carbocycles. The van der Waals surface area contributed by atoms with E-state index in [0.29, 0.717) is 5.69 Å². The first-order chi connectivity index (χ1) is 8.89. The van der Waals surface area contributed by atoms with Crippen LogP contribution in [0.3, 0.4) is 0 Å². The number of carbonyl (C=O) groups excluding carboxylic acids is 1. The summed E-state index contributed by atoms with van der Waals surface area (Å²) >= 11 is 0. The molecule has 1 aliphatic heterocycles. The maximum Gasteiger partial charge on any atom is 0.227 e. The van der Waals surface area contributed by atoms with Crippen molar-refractivity contribution in [3.05, 3.63) is 24.0 Å². The highest BCUT2D eigenvalue weighted by molar-refractivity contribution is 7.89. The van der Waals surface area contributed by atoms with Gasteiger partial charge in [-0.15, -0.1) is 0 Å². The molecule has 1 aromatic heterocycles. The quantitative estimate of drug-likeness (QED) is 0.808. The van der Waals surface area contributed by atoms with Gasteiger partial charge in [0, 0.05) is 30.8 Å². The fourth-order valence-corrected chi connectivity index (χ4v) is 3.00. The number of sulfonamides is 1. The minimum Gasteiger partial charge on any atom is -0.312 e. The van der Waals surface area contributed by atoms with E-state index in [4.69, 9.17) is 10.4 Å². The predicted octanol–water partition coefficient (Wildman–Crippen LogP) is -0.405. The maximum absolute atomic E-state index is 11.9. The Labute approximate surface area is 110 Å². The highest BCUT2D eigenvalue weighted by Crippen LogP contribution is 2.25. The van der Waals surface area contributed by atoms with Crippen LogP contribution in [0.4, 0.5) is 5.69 Å². The highest BCUT2D eigenvalue weighted by Gasteiger charge is 2.32. The molecule has 100 valence electrons. The van der Waals surface area contributed by atoms with E-state index in [0.717, 1.165) is 0 Å². The normalized spacial score (nSPS) is 19.5. The van der Waals surface area contributed by atoms with Gasteiger partial charge in [0.05, 0.1) is 5.75 Å². The van der Waals surface area contributed by atoms with E-state index >= 15 is 0 Å². The number of amides is 1. The molecule has 1 aromatic rings. The Morgan fingerprint density at radius 2 is 2.32 bits per heavy atom. The summed E-state index contributed by atoms with van der Waals surface area (Å²) in [7, 11) is -3.59. The van der Waals surface area contributed by atoms with Gasteiger partial charge in [-0.3, -0.25) is 4.79 Å². The number of nitriles is 1. The summed E-state index contributed by atoms with van der Waals surface area (Å²) in [6, 6.07) is 5.00. The van der Waals surface area contributed by atoms with Gasteiger partial charge in [0.25, 0.3) is 0 Å². The second kappa shape index (κ2) is 4.95. The monoisotopic (exact) mass is 280 g/mol. The second-order valence-corrected chi connectivity index (χ2v) is 6.07. The van der Waals surface area contributed by atoms with Crippen molar-refractivity contribution in [3.63, 3.8) is 0 Å². The van der Waals surface area contributed by atoms with Crippen LogP contribution in [-0.4, -0.2) is 31.6 Å². The van der Waals surface area contributed by atoms with Gasteiger partial charge in [-0.1, -0.05) is 0 Å². The molecule has 19 heavy (non-hydrogen) atoms. The van der Waals surface area contributed by atoms with Crippen LogP contribution in [0, 0.1) is 17.2 Å². The van der Waals surface area contributed by atoms with E-state index in [1.54, 1.807) is 6.07 Å². The fourth-order valence-electron chi connectivity index (χ4n) is 2.12. The van der Waals surface area contributed by atoms with Crippen LogP contribution in [0.15, 0.2) is 18.3 Å². The average molecular weight is 280 g/mol. The number of carbonyl (C=O) groups is 1. The maximum atomic E-state index is 11.9. The number of hydrogen-bond acceptors (Lipinski definition) is 5. The topological polar surface area (TPSA) is 117 Å². The Hall–Kier alpha value is -1.98. The number of nitrogens with two attached hydrogens (primary N) is 1. The summed E-state index contributed by atoms with van der Waals surface area (Å²) in [5, 5.41) is 13.7. The van der Waals surface area contributed by atoms with Crippen molar-refractivity contribution in [2.24, 2.45) is 11.1 Å². The van der Waals surface area contributed by atoms with Gasteiger partial charge in [-0.05, 0) is 12.1 Å². The molecule has 1 amide bonds. The van der Waals surface area contributed by atoms with Crippen molar-refractivity contribution >= 4 is 21.6 Å². The molecule has 7 nitrogen and oxygen atoms in total. The largest absolute Gasteiger partial charge is 0.312 e. The molecular formula is C11H12N4O3S. The molecule has 2 N–H and O–H groups in total. The Morgan fingerprint density at radius 1 is 1.58 bits per heavy atom. The van der Waals surface area contributed by atoms with E-state index < -0.39 is 10.0 Å². The summed E-state index contributed by atoms with van der Waals surface area (Å²) in [5.74, 6) is -0.712. The van der Waals surface area contributed by atoms with Crippen LogP contribution in [0.25, 0.3) is 0 Å². The van der Waals surface area contributed by atoms with E-state index in [2.05, 4.69) is 4.98 Å². The molecule has 1 fully saturated rings. The smallest absolute Gasteiger partial charge is 0.227 e. The highest BCUT2D eigenvalue weighted by atomic mass is 32.2. The summed E-state index contributed by atoms with van der Waals surface area (Å²) in [6.45, 7) is 0.282. The van der Waals surface area contributed by atoms with Crippen LogP contribution in [0.2, 0.25) is 0 Å². The molecule has 1 unspecified atom stereocenters. The van der Waals surface area contributed by atoms with Crippen molar-refractivity contribution in [2.45, 2.75) is 6.42 Å². The first-order valence-electron chi connectivity index (χ1n) is 5.56. The molecule has 2 heterocycles. The van der Waals surface area contributed by atoms with Gasteiger partial charge in [0.1, 0.15) is 11.8 Å². The second-order valence-electron chi connectivity index (χ2n) is 4.42. The molecule has 0 bridgehead atoms. The molecule has 2 rings (SSSR count). The van der Waals surface area contributed by atoms with Crippen LogP contribution in [-0.2, 0) is 14.8 Å². The molecular weight excluding hydrogens is 268 g/mol. The zero-order valence-corrected chi connectivity index (χ0v) is 10.8. The van der Waals surface area contributed by atoms with Crippen LogP contribution >= 0.6 is 0 Å². The number of anilines is 1. The third kappa shape index (κ3) is 3.27. The lowest BCUT2D eigenvalue weighted by atomic mass is 10.1. The molecule has 1 aliphatic rings. The van der Waals surface area contributed by atoms with Crippen LogP contribution in [0.5, 0.6) is 0 Å². The number of pyridine rings is 1. The standard InChI is InChI=1S/C11H12N4O3S/c12-5-9-4-10(1-2-14-9)15-6-8(3-11(15)16)7-19(13,17)18/h1-2,4,8H,3,6-7H2,(H2,13,17,18). The van der Waals surface area contributed by atoms with Gasteiger partial charge in [0.2, 0.25) is 15.9 Å². The summed E-state index contributed by atoms with van der Waals surface area (Å²) in [5.41, 5.74) is 0.758. The summed E-state index contributed by atoms with van der Waals surface area (Å²) in [6.07, 6.45) is 1.58. The lowest BCUT2D eigenvalue weighted by Crippen LogP contribution is -2.27. The van der Waals surface area contributed by atoms with Gasteiger partial charge in [-0.25, -0.2) is 18.5 Å². The van der Waals surface area contributed by atoms with Crippen molar-refractivity contribution in [3.8, 4) is 6.07 Å². The van der Waals surface area contributed by atoms with Gasteiger partial charge in [-0.2, -0.15) is 5.26 Å². The molecule has 1 saturated heterocycles. The van der Waals surface area contributed by atoms with Gasteiger partial charge in [0.15, 0.2) is 0 Å². The molecule has 0 aliphatic carbocycles. The minimum atomic E-state index is -3.59. The molecule has 0 radical (unpaired) electrons. The SMILES string of the molecule is N#Cc1cc(N2CC(CS(N)(=O)=O)CC2=O)ccn1. The Bertz CT molecular complexity index is 650. The van der Waals surface area contributed by atoms with E-state index in [1.165, 1.54) is 17.2 Å². The minimum absolute atomic E-state index is 0.140. The van der Waals surface area contributed by atoms with E-state index in [9.17, 15) is 13.2 Å². The Kier molecular flexibility index (Phi) is 3.50. The van der Waals surface area contributed by atoms with Crippen molar-refractivity contribution < 1.29 is 13.2 Å². The first kappa shape index (κ1) is 13.5. The lowest BCUT2D eigenvalue weighted by Gasteiger charge is -2.16. The van der Waals surface area contributed by atoms with Crippen molar-refractivity contribution in [1.82, 2.24) is 4.98 Å². The summed E-state index contributed by atoms with van der Waals surface area (Å²) < 4.78 is 22.1.